The minimum atomic E-state index is -0.574. The van der Waals surface area contributed by atoms with Crippen molar-refractivity contribution in [2.75, 3.05) is 0 Å². The Morgan fingerprint density at radius 3 is 2.91 bits per heavy atom. The van der Waals surface area contributed by atoms with Crippen molar-refractivity contribution in [3.8, 4) is 17.2 Å². The highest BCUT2D eigenvalue weighted by Gasteiger charge is 2.36. The summed E-state index contributed by atoms with van der Waals surface area (Å²) in [6.45, 7) is 1.92. The fourth-order valence-corrected chi connectivity index (χ4v) is 3.59. The van der Waals surface area contributed by atoms with Gasteiger partial charge < -0.3 is 5.32 Å². The summed E-state index contributed by atoms with van der Waals surface area (Å²) in [6.07, 6.45) is 0.285. The third-order valence-electron chi connectivity index (χ3n) is 3.65. The van der Waals surface area contributed by atoms with Crippen LogP contribution in [-0.2, 0) is 10.3 Å². The molecule has 1 fully saturated rings. The number of hydrogen-bond acceptors (Lipinski definition) is 4. The van der Waals surface area contributed by atoms with Crippen LogP contribution in [0.15, 0.2) is 35.7 Å². The molecule has 1 aromatic carbocycles. The van der Waals surface area contributed by atoms with E-state index in [1.165, 1.54) is 0 Å². The predicted octanol–water partition coefficient (Wildman–Crippen LogP) is 2.55. The average Bonchev–Trinajstić information content (AvgIpc) is 2.96. The van der Waals surface area contributed by atoms with Gasteiger partial charge in [-0.2, -0.15) is 5.26 Å². The lowest BCUT2D eigenvalue weighted by Gasteiger charge is -2.34. The van der Waals surface area contributed by atoms with Crippen LogP contribution in [0.25, 0.3) is 11.1 Å². The first kappa shape index (κ1) is 14.3. The van der Waals surface area contributed by atoms with Crippen molar-refractivity contribution in [2.45, 2.75) is 18.9 Å². The molecule has 2 heterocycles. The maximum Gasteiger partial charge on any atom is 0.229 e. The van der Waals surface area contributed by atoms with Crippen LogP contribution in [-0.4, -0.2) is 11.9 Å². The van der Waals surface area contributed by atoms with E-state index in [9.17, 15) is 4.79 Å². The molecule has 6 heteroatoms. The molecule has 1 aliphatic heterocycles. The van der Waals surface area contributed by atoms with Gasteiger partial charge in [0.25, 0.3) is 0 Å². The summed E-state index contributed by atoms with van der Waals surface area (Å²) < 4.78 is 0. The third kappa shape index (κ3) is 2.59. The molecule has 3 rings (SSSR count). The average molecular weight is 310 g/mol. The molecule has 1 atom stereocenters. The van der Waals surface area contributed by atoms with E-state index in [1.54, 1.807) is 17.4 Å². The first-order valence-electron chi connectivity index (χ1n) is 6.76. The second-order valence-corrected chi connectivity index (χ2v) is 6.36. The van der Waals surface area contributed by atoms with Gasteiger partial charge in [0.05, 0.1) is 23.6 Å². The highest BCUT2D eigenvalue weighted by Crippen LogP contribution is 2.35. The quantitative estimate of drug-likeness (QED) is 0.796. The number of hydrogen-bond donors (Lipinski definition) is 3. The summed E-state index contributed by atoms with van der Waals surface area (Å²) >= 11 is 1.55. The number of nitriles is 1. The second-order valence-electron chi connectivity index (χ2n) is 5.45. The minimum Gasteiger partial charge on any atom is -0.346 e. The van der Waals surface area contributed by atoms with E-state index in [0.29, 0.717) is 5.56 Å². The highest BCUT2D eigenvalue weighted by atomic mass is 32.1. The monoisotopic (exact) mass is 310 g/mol. The molecular formula is C16H14N4OS. The maximum absolute atomic E-state index is 11.7. The Labute approximate surface area is 132 Å². The number of guanidine groups is 1. The van der Waals surface area contributed by atoms with Crippen molar-refractivity contribution >= 4 is 23.2 Å². The highest BCUT2D eigenvalue weighted by molar-refractivity contribution is 7.10. The van der Waals surface area contributed by atoms with Crippen molar-refractivity contribution in [3.63, 3.8) is 0 Å². The first-order valence-corrected chi connectivity index (χ1v) is 7.64. The van der Waals surface area contributed by atoms with Crippen molar-refractivity contribution in [1.82, 2.24) is 10.6 Å². The lowest BCUT2D eigenvalue weighted by atomic mass is 9.92. The fourth-order valence-electron chi connectivity index (χ4n) is 2.55. The van der Waals surface area contributed by atoms with Crippen molar-refractivity contribution in [1.29, 1.82) is 10.7 Å². The third-order valence-corrected chi connectivity index (χ3v) is 4.84. The minimum absolute atomic E-state index is 0.0279. The zero-order chi connectivity index (χ0) is 15.7. The number of amides is 1. The Balaban J connectivity index is 1.95. The van der Waals surface area contributed by atoms with Crippen LogP contribution < -0.4 is 10.6 Å². The van der Waals surface area contributed by atoms with Crippen LogP contribution in [0.4, 0.5) is 0 Å². The van der Waals surface area contributed by atoms with Crippen LogP contribution in [0.1, 0.15) is 23.8 Å². The molecule has 3 N–H and O–H groups in total. The van der Waals surface area contributed by atoms with Gasteiger partial charge >= 0.3 is 0 Å². The van der Waals surface area contributed by atoms with Crippen LogP contribution in [0.2, 0.25) is 0 Å². The number of carbonyl (C=O) groups excluding carboxylic acids is 1. The molecule has 0 bridgehead atoms. The molecule has 0 spiro atoms. The van der Waals surface area contributed by atoms with Crippen LogP contribution in [0, 0.1) is 16.7 Å². The lowest BCUT2D eigenvalue weighted by Crippen LogP contribution is -2.57. The Kier molecular flexibility index (Phi) is 3.43. The Morgan fingerprint density at radius 2 is 2.18 bits per heavy atom. The number of carbonyl (C=O) groups is 1. The molecule has 1 aromatic heterocycles. The summed E-state index contributed by atoms with van der Waals surface area (Å²) in [7, 11) is 0. The molecule has 22 heavy (non-hydrogen) atoms. The molecule has 110 valence electrons. The van der Waals surface area contributed by atoms with E-state index in [4.69, 9.17) is 10.7 Å². The van der Waals surface area contributed by atoms with Crippen molar-refractivity contribution in [3.05, 3.63) is 46.2 Å². The molecule has 1 saturated heterocycles. The number of benzene rings is 1. The van der Waals surface area contributed by atoms with Gasteiger partial charge in [0.2, 0.25) is 5.91 Å². The van der Waals surface area contributed by atoms with E-state index in [-0.39, 0.29) is 18.3 Å². The number of nitrogens with zero attached hydrogens (tertiary/aromatic N) is 1. The number of thiophene rings is 1. The topological polar surface area (TPSA) is 88.8 Å². The van der Waals surface area contributed by atoms with E-state index in [1.807, 2.05) is 36.6 Å². The molecule has 0 unspecified atom stereocenters. The smallest absolute Gasteiger partial charge is 0.229 e. The molecular weight excluding hydrogens is 296 g/mol. The van der Waals surface area contributed by atoms with Gasteiger partial charge in [0.1, 0.15) is 0 Å². The van der Waals surface area contributed by atoms with Gasteiger partial charge in [-0.05, 0) is 41.6 Å². The van der Waals surface area contributed by atoms with Gasteiger partial charge in [0.15, 0.2) is 5.96 Å². The van der Waals surface area contributed by atoms with Gasteiger partial charge in [-0.3, -0.25) is 15.5 Å². The summed E-state index contributed by atoms with van der Waals surface area (Å²) in [5.41, 5.74) is 2.03. The molecule has 2 aromatic rings. The van der Waals surface area contributed by atoms with Crippen molar-refractivity contribution < 1.29 is 4.79 Å². The van der Waals surface area contributed by atoms with E-state index in [0.717, 1.165) is 16.0 Å². The predicted molar refractivity (Wildman–Crippen MR) is 85.4 cm³/mol. The van der Waals surface area contributed by atoms with Crippen LogP contribution >= 0.6 is 11.3 Å². The fraction of sp³-hybridized carbons (Fsp3) is 0.188. The number of nitrogens with one attached hydrogen (secondary N) is 3. The standard InChI is InChI=1S/C16H14N4OS/c1-16(7-14(21)19-15(18)20-16)13-6-12(9-22-13)11-4-2-3-10(5-11)8-17/h2-6,9H,7H2,1H3,(H3,18,19,20,21)/t16-/m0/s1. The molecule has 0 aliphatic carbocycles. The van der Waals surface area contributed by atoms with Gasteiger partial charge in [0, 0.05) is 4.88 Å². The van der Waals surface area contributed by atoms with Gasteiger partial charge in [-0.25, -0.2) is 0 Å². The zero-order valence-electron chi connectivity index (χ0n) is 11.9. The molecule has 1 amide bonds. The molecule has 0 radical (unpaired) electrons. The number of rotatable bonds is 2. The molecule has 1 aliphatic rings. The Bertz CT molecular complexity index is 786. The SMILES string of the molecule is C[C@@]1(c2cc(-c3cccc(C#N)c3)cs2)CC(=O)NC(=N)N1. The van der Waals surface area contributed by atoms with E-state index >= 15 is 0 Å². The van der Waals surface area contributed by atoms with Gasteiger partial charge in [-0.1, -0.05) is 12.1 Å². The van der Waals surface area contributed by atoms with Crippen LogP contribution in [0.5, 0.6) is 0 Å². The molecule has 0 saturated carbocycles. The van der Waals surface area contributed by atoms with Crippen LogP contribution in [0.3, 0.4) is 0 Å². The summed E-state index contributed by atoms with van der Waals surface area (Å²) in [6, 6.07) is 11.6. The maximum atomic E-state index is 11.7. The Hall–Kier alpha value is -2.65. The molecule has 5 nitrogen and oxygen atoms in total. The van der Waals surface area contributed by atoms with E-state index < -0.39 is 5.54 Å². The van der Waals surface area contributed by atoms with Gasteiger partial charge in [-0.15, -0.1) is 11.3 Å². The lowest BCUT2D eigenvalue weighted by molar-refractivity contribution is -0.121. The Morgan fingerprint density at radius 1 is 1.36 bits per heavy atom. The second kappa shape index (κ2) is 5.28. The largest absolute Gasteiger partial charge is 0.346 e. The van der Waals surface area contributed by atoms with Crippen molar-refractivity contribution in [2.24, 2.45) is 0 Å². The summed E-state index contributed by atoms with van der Waals surface area (Å²) in [4.78, 5) is 12.7. The zero-order valence-corrected chi connectivity index (χ0v) is 12.8. The first-order chi connectivity index (χ1) is 10.5. The summed E-state index contributed by atoms with van der Waals surface area (Å²) in [5.74, 6) is -0.132. The van der Waals surface area contributed by atoms with E-state index in [2.05, 4.69) is 16.7 Å². The summed E-state index contributed by atoms with van der Waals surface area (Å²) in [5, 5.41) is 24.2. The normalized spacial score (nSPS) is 20.9.